The molecule has 1 aromatic heterocycles. The highest BCUT2D eigenvalue weighted by Crippen LogP contribution is 2.32. The van der Waals surface area contributed by atoms with Gasteiger partial charge in [-0.15, -0.1) is 0 Å². The van der Waals surface area contributed by atoms with Crippen molar-refractivity contribution in [2.75, 3.05) is 0 Å². The fourth-order valence-electron chi connectivity index (χ4n) is 0.685. The highest BCUT2D eigenvalue weighted by atomic mass is 32.2. The lowest BCUT2D eigenvalue weighted by Gasteiger charge is -2.14. The van der Waals surface area contributed by atoms with Gasteiger partial charge in [-0.25, -0.2) is 4.98 Å². The van der Waals surface area contributed by atoms with Crippen molar-refractivity contribution in [3.63, 3.8) is 0 Å². The Balaban J connectivity index is 2.64. The predicted octanol–water partition coefficient (Wildman–Crippen LogP) is 2.99. The van der Waals surface area contributed by atoms with Gasteiger partial charge in [0.2, 0.25) is 0 Å². The minimum atomic E-state index is 0.241. The molecule has 0 bridgehead atoms. The molecule has 0 aliphatic carbocycles. The molecule has 1 heterocycles. The van der Waals surface area contributed by atoms with Crippen LogP contribution >= 0.6 is 23.3 Å². The lowest BCUT2D eigenvalue weighted by molar-refractivity contribution is 0.801. The summed E-state index contributed by atoms with van der Waals surface area (Å²) in [7, 11) is 0. The van der Waals surface area contributed by atoms with Crippen molar-refractivity contribution in [3.05, 3.63) is 5.82 Å². The van der Waals surface area contributed by atoms with Crippen molar-refractivity contribution in [1.29, 1.82) is 0 Å². The number of thioether (sulfide) groups is 1. The Kier molecular flexibility index (Phi) is 3.12. The lowest BCUT2D eigenvalue weighted by atomic mass is 10.3. The number of hydrogen-bond acceptors (Lipinski definition) is 4. The number of aromatic nitrogens is 2. The lowest BCUT2D eigenvalue weighted by Crippen LogP contribution is -2.06. The molecule has 1 rings (SSSR count). The van der Waals surface area contributed by atoms with Crippen LogP contribution in [0.25, 0.3) is 0 Å². The van der Waals surface area contributed by atoms with Crippen molar-refractivity contribution in [2.24, 2.45) is 0 Å². The average molecular weight is 202 g/mol. The van der Waals surface area contributed by atoms with Gasteiger partial charge in [-0.05, 0) is 11.5 Å². The Labute approximate surface area is 82.0 Å². The number of nitrogens with zero attached hydrogens (tertiary/aromatic N) is 2. The minimum Gasteiger partial charge on any atom is -0.213 e. The monoisotopic (exact) mass is 202 g/mol. The van der Waals surface area contributed by atoms with Gasteiger partial charge >= 0.3 is 0 Å². The smallest absolute Gasteiger partial charge is 0.170 e. The number of rotatable bonds is 2. The van der Waals surface area contributed by atoms with E-state index in [0.717, 1.165) is 16.6 Å². The molecule has 0 aromatic carbocycles. The van der Waals surface area contributed by atoms with E-state index in [0.29, 0.717) is 0 Å². The third-order valence-corrected chi connectivity index (χ3v) is 3.06. The summed E-state index contributed by atoms with van der Waals surface area (Å²) < 4.78 is 5.55. The molecule has 0 saturated heterocycles. The van der Waals surface area contributed by atoms with Gasteiger partial charge in [0.05, 0.1) is 0 Å². The van der Waals surface area contributed by atoms with Crippen LogP contribution in [0.3, 0.4) is 0 Å². The topological polar surface area (TPSA) is 25.8 Å². The van der Waals surface area contributed by atoms with Crippen LogP contribution < -0.4 is 0 Å². The predicted molar refractivity (Wildman–Crippen MR) is 54.9 cm³/mol. The summed E-state index contributed by atoms with van der Waals surface area (Å²) in [6.07, 6.45) is 0.932. The van der Waals surface area contributed by atoms with Crippen molar-refractivity contribution in [1.82, 2.24) is 9.36 Å². The Bertz CT molecular complexity index is 250. The normalized spacial score (nSPS) is 12.0. The van der Waals surface area contributed by atoms with Gasteiger partial charge in [0.15, 0.2) is 4.34 Å². The van der Waals surface area contributed by atoms with Gasteiger partial charge in [0.25, 0.3) is 0 Å². The molecule has 0 spiro atoms. The van der Waals surface area contributed by atoms with E-state index in [9.17, 15) is 0 Å². The summed E-state index contributed by atoms with van der Waals surface area (Å²) in [5.74, 6) is 0.965. The van der Waals surface area contributed by atoms with E-state index in [1.54, 1.807) is 11.8 Å². The molecule has 0 unspecified atom stereocenters. The van der Waals surface area contributed by atoms with Crippen LogP contribution in [0.2, 0.25) is 0 Å². The Morgan fingerprint density at radius 3 is 2.50 bits per heavy atom. The van der Waals surface area contributed by atoms with E-state index >= 15 is 0 Å². The molecule has 0 amide bonds. The van der Waals surface area contributed by atoms with Crippen LogP contribution in [-0.4, -0.2) is 14.1 Å². The van der Waals surface area contributed by atoms with Crippen LogP contribution in [0, 0.1) is 0 Å². The molecule has 68 valence electrons. The van der Waals surface area contributed by atoms with E-state index in [4.69, 9.17) is 0 Å². The largest absolute Gasteiger partial charge is 0.213 e. The first-order valence-corrected chi connectivity index (χ1v) is 5.62. The molecule has 0 N–H and O–H groups in total. The SMILES string of the molecule is CCc1nsc(SC(C)(C)C)n1. The maximum Gasteiger partial charge on any atom is 0.170 e. The first kappa shape index (κ1) is 9.99. The van der Waals surface area contributed by atoms with Crippen molar-refractivity contribution < 1.29 is 0 Å². The summed E-state index contributed by atoms with van der Waals surface area (Å²) in [5, 5.41) is 0. The highest BCUT2D eigenvalue weighted by Gasteiger charge is 2.14. The van der Waals surface area contributed by atoms with Gasteiger partial charge in [0.1, 0.15) is 5.82 Å². The van der Waals surface area contributed by atoms with Crippen molar-refractivity contribution in [3.8, 4) is 0 Å². The molecule has 2 nitrogen and oxygen atoms in total. The van der Waals surface area contributed by atoms with E-state index in [2.05, 4.69) is 37.1 Å². The quantitative estimate of drug-likeness (QED) is 0.689. The maximum absolute atomic E-state index is 4.38. The summed E-state index contributed by atoms with van der Waals surface area (Å²) in [6.45, 7) is 8.63. The fraction of sp³-hybridized carbons (Fsp3) is 0.750. The zero-order valence-corrected chi connectivity index (χ0v) is 9.55. The molecule has 0 aliphatic heterocycles. The maximum atomic E-state index is 4.38. The second kappa shape index (κ2) is 3.75. The van der Waals surface area contributed by atoms with E-state index in [-0.39, 0.29) is 4.75 Å². The second-order valence-electron chi connectivity index (χ2n) is 3.54. The van der Waals surface area contributed by atoms with Crippen molar-refractivity contribution >= 4 is 23.3 Å². The molecule has 0 fully saturated rings. The molecule has 0 radical (unpaired) electrons. The number of aryl methyl sites for hydroxylation is 1. The van der Waals surface area contributed by atoms with Gasteiger partial charge in [-0.2, -0.15) is 4.37 Å². The van der Waals surface area contributed by atoms with Crippen LogP contribution in [-0.2, 0) is 6.42 Å². The van der Waals surface area contributed by atoms with E-state index in [1.165, 1.54) is 11.5 Å². The molecular weight excluding hydrogens is 188 g/mol. The van der Waals surface area contributed by atoms with Gasteiger partial charge < -0.3 is 0 Å². The average Bonchev–Trinajstić information content (AvgIpc) is 2.32. The van der Waals surface area contributed by atoms with Gasteiger partial charge in [0, 0.05) is 11.2 Å². The third kappa shape index (κ3) is 3.11. The fourth-order valence-corrected chi connectivity index (χ4v) is 2.87. The molecule has 1 aromatic rings. The molecule has 12 heavy (non-hydrogen) atoms. The Morgan fingerprint density at radius 1 is 1.42 bits per heavy atom. The first-order valence-electron chi connectivity index (χ1n) is 4.03. The summed E-state index contributed by atoms with van der Waals surface area (Å²) in [5.41, 5.74) is 0. The molecule has 0 atom stereocenters. The molecular formula is C8H14N2S2. The summed E-state index contributed by atoms with van der Waals surface area (Å²) >= 11 is 3.28. The van der Waals surface area contributed by atoms with Crippen LogP contribution in [0.15, 0.2) is 4.34 Å². The molecule has 0 aliphatic rings. The van der Waals surface area contributed by atoms with E-state index in [1.807, 2.05) is 0 Å². The third-order valence-electron chi connectivity index (χ3n) is 1.16. The summed E-state index contributed by atoms with van der Waals surface area (Å²) in [4.78, 5) is 4.38. The molecule has 4 heteroatoms. The second-order valence-corrected chi connectivity index (χ2v) is 6.37. The van der Waals surface area contributed by atoms with Crippen molar-refractivity contribution in [2.45, 2.75) is 43.2 Å². The first-order chi connectivity index (χ1) is 5.51. The number of hydrogen-bond donors (Lipinski definition) is 0. The zero-order valence-electron chi connectivity index (χ0n) is 7.92. The highest BCUT2D eigenvalue weighted by molar-refractivity contribution is 8.02. The minimum absolute atomic E-state index is 0.241. The van der Waals surface area contributed by atoms with Crippen LogP contribution in [0.4, 0.5) is 0 Å². The Hall–Kier alpha value is -0.0900. The Morgan fingerprint density at radius 2 is 2.08 bits per heavy atom. The van der Waals surface area contributed by atoms with Gasteiger partial charge in [-0.3, -0.25) is 0 Å². The van der Waals surface area contributed by atoms with Crippen LogP contribution in [0.5, 0.6) is 0 Å². The standard InChI is InChI=1S/C8H14N2S2/c1-5-6-9-7(12-10-6)11-8(2,3)4/h5H2,1-4H3. The van der Waals surface area contributed by atoms with Crippen LogP contribution in [0.1, 0.15) is 33.5 Å². The zero-order chi connectivity index (χ0) is 9.19. The van der Waals surface area contributed by atoms with E-state index < -0.39 is 0 Å². The summed E-state index contributed by atoms with van der Waals surface area (Å²) in [6, 6.07) is 0. The van der Waals surface area contributed by atoms with Gasteiger partial charge in [-0.1, -0.05) is 39.5 Å². The molecule has 0 saturated carbocycles.